The van der Waals surface area contributed by atoms with Crippen LogP contribution in [0.3, 0.4) is 0 Å². The van der Waals surface area contributed by atoms with E-state index in [9.17, 15) is 4.79 Å². The second kappa shape index (κ2) is 5.55. The van der Waals surface area contributed by atoms with Crippen molar-refractivity contribution < 1.29 is 4.79 Å². The van der Waals surface area contributed by atoms with Crippen LogP contribution < -0.4 is 0 Å². The molecule has 0 radical (unpaired) electrons. The van der Waals surface area contributed by atoms with Crippen LogP contribution in [0.4, 0.5) is 0 Å². The summed E-state index contributed by atoms with van der Waals surface area (Å²) in [6.45, 7) is 6.44. The molecule has 2 aromatic rings. The number of thioether (sulfide) groups is 1. The zero-order valence-corrected chi connectivity index (χ0v) is 13.0. The summed E-state index contributed by atoms with van der Waals surface area (Å²) >= 11 is 4.64. The number of Topliss-reactive ketones (excluding diaryl/α,β-unsaturated/α-hetero) is 1. The van der Waals surface area contributed by atoms with E-state index in [1.807, 2.05) is 17.5 Å². The smallest absolute Gasteiger partial charge is 0.183 e. The molecule has 0 aliphatic rings. The number of carbonyl (C=O) groups is 1. The summed E-state index contributed by atoms with van der Waals surface area (Å²) in [6.07, 6.45) is 0. The van der Waals surface area contributed by atoms with Crippen molar-refractivity contribution in [3.05, 3.63) is 33.5 Å². The number of aromatic nitrogens is 1. The topological polar surface area (TPSA) is 30.0 Å². The molecule has 0 fully saturated rings. The van der Waals surface area contributed by atoms with Crippen molar-refractivity contribution in [2.75, 3.05) is 5.75 Å². The van der Waals surface area contributed by atoms with Gasteiger partial charge in [-0.15, -0.1) is 22.7 Å². The first-order valence-corrected chi connectivity index (χ1v) is 8.37. The molecule has 2 heterocycles. The molecule has 0 N–H and O–H groups in total. The summed E-state index contributed by atoms with van der Waals surface area (Å²) < 4.78 is 0.977. The van der Waals surface area contributed by atoms with E-state index in [-0.39, 0.29) is 11.2 Å². The van der Waals surface area contributed by atoms with Gasteiger partial charge in [0, 0.05) is 10.8 Å². The largest absolute Gasteiger partial charge is 0.292 e. The molecule has 0 amide bonds. The van der Waals surface area contributed by atoms with Crippen molar-refractivity contribution in [1.29, 1.82) is 0 Å². The normalized spacial score (nSPS) is 11.7. The molecular formula is C13H15NOS3. The Morgan fingerprint density at radius 2 is 2.17 bits per heavy atom. The van der Waals surface area contributed by atoms with Gasteiger partial charge in [-0.1, -0.05) is 38.6 Å². The van der Waals surface area contributed by atoms with Gasteiger partial charge in [-0.25, -0.2) is 4.98 Å². The zero-order valence-electron chi connectivity index (χ0n) is 10.6. The molecule has 0 aliphatic carbocycles. The van der Waals surface area contributed by atoms with Crippen molar-refractivity contribution in [2.45, 2.75) is 30.5 Å². The number of thiophene rings is 1. The van der Waals surface area contributed by atoms with Gasteiger partial charge in [0.1, 0.15) is 0 Å². The Bertz CT molecular complexity index is 523. The van der Waals surface area contributed by atoms with E-state index < -0.39 is 0 Å². The first-order valence-electron chi connectivity index (χ1n) is 5.62. The van der Waals surface area contributed by atoms with Crippen molar-refractivity contribution in [2.24, 2.45) is 0 Å². The van der Waals surface area contributed by atoms with Gasteiger partial charge >= 0.3 is 0 Å². The standard InChI is InChI=1S/C13H15NOS3/c1-13(2,3)11-8-18-12(14-11)17-7-9(15)10-5-4-6-16-10/h4-6,8H,7H2,1-3H3. The van der Waals surface area contributed by atoms with E-state index in [0.717, 1.165) is 14.9 Å². The predicted octanol–water partition coefficient (Wildman–Crippen LogP) is 4.48. The number of rotatable bonds is 4. The summed E-state index contributed by atoms with van der Waals surface area (Å²) in [6, 6.07) is 3.78. The van der Waals surface area contributed by atoms with Crippen LogP contribution in [0.1, 0.15) is 36.1 Å². The number of thiazole rings is 1. The van der Waals surface area contributed by atoms with Gasteiger partial charge < -0.3 is 0 Å². The van der Waals surface area contributed by atoms with Gasteiger partial charge in [-0.05, 0) is 11.4 Å². The number of ketones is 1. The van der Waals surface area contributed by atoms with Crippen LogP contribution in [0.25, 0.3) is 0 Å². The van der Waals surface area contributed by atoms with E-state index in [0.29, 0.717) is 5.75 Å². The molecule has 2 rings (SSSR count). The molecule has 96 valence electrons. The lowest BCUT2D eigenvalue weighted by Crippen LogP contribution is -2.11. The Labute approximate surface area is 119 Å². The highest BCUT2D eigenvalue weighted by atomic mass is 32.2. The second-order valence-electron chi connectivity index (χ2n) is 4.94. The molecule has 5 heteroatoms. The quantitative estimate of drug-likeness (QED) is 0.616. The molecule has 0 saturated carbocycles. The first-order chi connectivity index (χ1) is 8.47. The highest BCUT2D eigenvalue weighted by molar-refractivity contribution is 8.01. The molecule has 0 spiro atoms. The monoisotopic (exact) mass is 297 g/mol. The molecular weight excluding hydrogens is 282 g/mol. The van der Waals surface area contributed by atoms with Gasteiger partial charge in [-0.3, -0.25) is 4.79 Å². The zero-order chi connectivity index (χ0) is 13.2. The van der Waals surface area contributed by atoms with Crippen molar-refractivity contribution >= 4 is 40.2 Å². The first kappa shape index (κ1) is 13.8. The Balaban J connectivity index is 1.95. The summed E-state index contributed by atoms with van der Waals surface area (Å²) in [4.78, 5) is 17.2. The van der Waals surface area contributed by atoms with Crippen LogP contribution in [-0.2, 0) is 5.41 Å². The minimum atomic E-state index is 0.0765. The Morgan fingerprint density at radius 3 is 2.72 bits per heavy atom. The molecule has 0 bridgehead atoms. The summed E-state index contributed by atoms with van der Waals surface area (Å²) in [5.74, 6) is 0.653. The van der Waals surface area contributed by atoms with Crippen LogP contribution in [0, 0.1) is 0 Å². The third-order valence-electron chi connectivity index (χ3n) is 2.37. The average molecular weight is 297 g/mol. The second-order valence-corrected chi connectivity index (χ2v) is 7.97. The number of carbonyl (C=O) groups excluding carboxylic acids is 1. The van der Waals surface area contributed by atoms with Gasteiger partial charge in [0.2, 0.25) is 0 Å². The van der Waals surface area contributed by atoms with Crippen LogP contribution in [0.5, 0.6) is 0 Å². The number of hydrogen-bond donors (Lipinski definition) is 0. The fraction of sp³-hybridized carbons (Fsp3) is 0.385. The minimum absolute atomic E-state index is 0.0765. The third-order valence-corrected chi connectivity index (χ3v) is 5.31. The highest BCUT2D eigenvalue weighted by Crippen LogP contribution is 2.29. The van der Waals surface area contributed by atoms with Crippen LogP contribution >= 0.6 is 34.4 Å². The van der Waals surface area contributed by atoms with Crippen LogP contribution in [0.2, 0.25) is 0 Å². The summed E-state index contributed by atoms with van der Waals surface area (Å²) in [5.41, 5.74) is 1.17. The lowest BCUT2D eigenvalue weighted by molar-refractivity contribution is 0.102. The average Bonchev–Trinajstić information content (AvgIpc) is 2.96. The number of hydrogen-bond acceptors (Lipinski definition) is 5. The van der Waals surface area contributed by atoms with Crippen molar-refractivity contribution in [1.82, 2.24) is 4.98 Å². The molecule has 0 saturated heterocycles. The lowest BCUT2D eigenvalue weighted by Gasteiger charge is -2.14. The van der Waals surface area contributed by atoms with E-state index >= 15 is 0 Å². The fourth-order valence-corrected chi connectivity index (χ4v) is 4.00. The lowest BCUT2D eigenvalue weighted by atomic mass is 9.93. The highest BCUT2D eigenvalue weighted by Gasteiger charge is 2.18. The van der Waals surface area contributed by atoms with E-state index in [4.69, 9.17) is 0 Å². The van der Waals surface area contributed by atoms with E-state index in [1.165, 1.54) is 23.1 Å². The molecule has 0 aromatic carbocycles. The van der Waals surface area contributed by atoms with Gasteiger partial charge in [0.15, 0.2) is 10.1 Å². The van der Waals surface area contributed by atoms with Gasteiger partial charge in [0.05, 0.1) is 16.3 Å². The molecule has 2 aromatic heterocycles. The summed E-state index contributed by atoms with van der Waals surface area (Å²) in [7, 11) is 0. The van der Waals surface area contributed by atoms with Crippen molar-refractivity contribution in [3.63, 3.8) is 0 Å². The molecule has 2 nitrogen and oxygen atoms in total. The third kappa shape index (κ3) is 3.43. The van der Waals surface area contributed by atoms with E-state index in [1.54, 1.807) is 11.3 Å². The SMILES string of the molecule is CC(C)(C)c1csc(SCC(=O)c2cccs2)n1. The number of nitrogens with zero attached hydrogens (tertiary/aromatic N) is 1. The molecule has 18 heavy (non-hydrogen) atoms. The Hall–Kier alpha value is -0.650. The maximum absolute atomic E-state index is 11.8. The molecule has 0 atom stereocenters. The van der Waals surface area contributed by atoms with Gasteiger partial charge in [-0.2, -0.15) is 0 Å². The fourth-order valence-electron chi connectivity index (χ4n) is 1.30. The van der Waals surface area contributed by atoms with Gasteiger partial charge in [0.25, 0.3) is 0 Å². The van der Waals surface area contributed by atoms with Crippen molar-refractivity contribution in [3.8, 4) is 0 Å². The Kier molecular flexibility index (Phi) is 4.25. The van der Waals surface area contributed by atoms with Crippen LogP contribution in [0.15, 0.2) is 27.2 Å². The minimum Gasteiger partial charge on any atom is -0.292 e. The maximum atomic E-state index is 11.8. The summed E-state index contributed by atoms with van der Waals surface area (Å²) in [5, 5.41) is 4.01. The Morgan fingerprint density at radius 1 is 1.39 bits per heavy atom. The predicted molar refractivity (Wildman–Crippen MR) is 80.2 cm³/mol. The maximum Gasteiger partial charge on any atom is 0.183 e. The van der Waals surface area contributed by atoms with E-state index in [2.05, 4.69) is 31.1 Å². The molecule has 0 unspecified atom stereocenters. The molecule has 0 aliphatic heterocycles. The van der Waals surface area contributed by atoms with Crippen LogP contribution in [-0.4, -0.2) is 16.5 Å².